The van der Waals surface area contributed by atoms with Gasteiger partial charge in [0, 0.05) is 41.2 Å². The average Bonchev–Trinajstić information content (AvgIpc) is 3.67. The number of hydrogen-bond donors (Lipinski definition) is 1. The van der Waals surface area contributed by atoms with Gasteiger partial charge in [-0.3, -0.25) is 9.59 Å². The molecule has 0 radical (unpaired) electrons. The van der Waals surface area contributed by atoms with Crippen LogP contribution in [0.2, 0.25) is 0 Å². The zero-order chi connectivity index (χ0) is 25.1. The van der Waals surface area contributed by atoms with E-state index in [9.17, 15) is 9.59 Å². The summed E-state index contributed by atoms with van der Waals surface area (Å²) in [6.45, 7) is 8.10. The SMILES string of the molecule is CC(C)(NC(=O)c1ccccc1)c1csc(-c2ccc(C(=O)N3CCC[C@H]3CN3CCCC3)cc2)n1. The molecule has 3 aromatic rings. The van der Waals surface area contributed by atoms with E-state index in [1.807, 2.05) is 61.7 Å². The van der Waals surface area contributed by atoms with Gasteiger partial charge < -0.3 is 15.1 Å². The highest BCUT2D eigenvalue weighted by Gasteiger charge is 2.31. The average molecular weight is 503 g/mol. The molecule has 7 heteroatoms. The van der Waals surface area contributed by atoms with Crippen LogP contribution in [0.3, 0.4) is 0 Å². The van der Waals surface area contributed by atoms with Crippen molar-refractivity contribution in [3.8, 4) is 10.6 Å². The molecule has 0 bridgehead atoms. The molecule has 2 fully saturated rings. The van der Waals surface area contributed by atoms with Crippen molar-refractivity contribution in [2.24, 2.45) is 0 Å². The van der Waals surface area contributed by atoms with Crippen molar-refractivity contribution >= 4 is 23.2 Å². The van der Waals surface area contributed by atoms with Crippen molar-refractivity contribution in [1.82, 2.24) is 20.1 Å². The molecule has 2 aliphatic rings. The molecule has 1 atom stereocenters. The molecule has 5 rings (SSSR count). The molecule has 2 amide bonds. The number of amides is 2. The number of rotatable bonds is 7. The third kappa shape index (κ3) is 5.37. The van der Waals surface area contributed by atoms with Crippen LogP contribution >= 0.6 is 11.3 Å². The van der Waals surface area contributed by atoms with Crippen molar-refractivity contribution in [1.29, 1.82) is 0 Å². The number of aromatic nitrogens is 1. The van der Waals surface area contributed by atoms with Gasteiger partial charge in [-0.2, -0.15) is 0 Å². The Bertz CT molecular complexity index is 1200. The van der Waals surface area contributed by atoms with E-state index in [0.717, 1.165) is 60.8 Å². The second kappa shape index (κ2) is 10.5. The lowest BCUT2D eigenvalue weighted by Gasteiger charge is -2.28. The van der Waals surface area contributed by atoms with Gasteiger partial charge in [0.25, 0.3) is 11.8 Å². The molecule has 0 aliphatic carbocycles. The Morgan fingerprint density at radius 2 is 1.69 bits per heavy atom. The number of nitrogens with one attached hydrogen (secondary N) is 1. The lowest BCUT2D eigenvalue weighted by molar-refractivity contribution is 0.0708. The van der Waals surface area contributed by atoms with Gasteiger partial charge in [0.05, 0.1) is 11.2 Å². The molecule has 3 heterocycles. The van der Waals surface area contributed by atoms with Gasteiger partial charge in [-0.1, -0.05) is 30.3 Å². The predicted octanol–water partition coefficient (Wildman–Crippen LogP) is 5.18. The second-order valence-electron chi connectivity index (χ2n) is 10.4. The second-order valence-corrected chi connectivity index (χ2v) is 11.2. The maximum absolute atomic E-state index is 13.3. The fourth-order valence-electron chi connectivity index (χ4n) is 5.18. The van der Waals surface area contributed by atoms with Gasteiger partial charge in [-0.05, 0) is 76.9 Å². The molecular formula is C29H34N4O2S. The topological polar surface area (TPSA) is 65.5 Å². The first kappa shape index (κ1) is 24.7. The normalized spacial score (nSPS) is 18.5. The van der Waals surface area contributed by atoms with Crippen LogP contribution in [0.25, 0.3) is 10.6 Å². The Morgan fingerprint density at radius 1 is 0.972 bits per heavy atom. The van der Waals surface area contributed by atoms with E-state index in [1.165, 1.54) is 12.8 Å². The molecule has 6 nitrogen and oxygen atoms in total. The molecule has 0 saturated carbocycles. The summed E-state index contributed by atoms with van der Waals surface area (Å²) in [5.74, 6) is 0.01000. The number of carbonyl (C=O) groups is 2. The van der Waals surface area contributed by atoms with Crippen LogP contribution in [0.1, 0.15) is 65.9 Å². The highest BCUT2D eigenvalue weighted by Crippen LogP contribution is 2.30. The van der Waals surface area contributed by atoms with E-state index in [4.69, 9.17) is 4.98 Å². The minimum absolute atomic E-state index is 0.122. The zero-order valence-corrected chi connectivity index (χ0v) is 21.9. The third-order valence-electron chi connectivity index (χ3n) is 7.29. The first-order valence-electron chi connectivity index (χ1n) is 12.9. The Morgan fingerprint density at radius 3 is 2.42 bits per heavy atom. The van der Waals surface area contributed by atoms with E-state index in [1.54, 1.807) is 23.5 Å². The number of hydrogen-bond acceptors (Lipinski definition) is 5. The van der Waals surface area contributed by atoms with Crippen LogP contribution in [0.4, 0.5) is 0 Å². The minimum Gasteiger partial charge on any atom is -0.341 e. The number of nitrogens with zero attached hydrogens (tertiary/aromatic N) is 3. The molecule has 188 valence electrons. The maximum atomic E-state index is 13.3. The summed E-state index contributed by atoms with van der Waals surface area (Å²) in [5.41, 5.74) is 2.54. The third-order valence-corrected chi connectivity index (χ3v) is 8.18. The highest BCUT2D eigenvalue weighted by molar-refractivity contribution is 7.13. The molecule has 36 heavy (non-hydrogen) atoms. The molecule has 0 unspecified atom stereocenters. The van der Waals surface area contributed by atoms with E-state index in [-0.39, 0.29) is 11.8 Å². The Labute approximate surface area is 217 Å². The van der Waals surface area contributed by atoms with Gasteiger partial charge in [0.2, 0.25) is 0 Å². The molecule has 0 spiro atoms. The van der Waals surface area contributed by atoms with Gasteiger partial charge in [-0.25, -0.2) is 4.98 Å². The van der Waals surface area contributed by atoms with E-state index in [0.29, 0.717) is 11.6 Å². The first-order chi connectivity index (χ1) is 17.4. The highest BCUT2D eigenvalue weighted by atomic mass is 32.1. The van der Waals surface area contributed by atoms with Crippen LogP contribution in [0, 0.1) is 0 Å². The summed E-state index contributed by atoms with van der Waals surface area (Å²) in [5, 5.41) is 5.96. The number of benzene rings is 2. The molecule has 2 aliphatic heterocycles. The monoisotopic (exact) mass is 502 g/mol. The summed E-state index contributed by atoms with van der Waals surface area (Å²) < 4.78 is 0. The van der Waals surface area contributed by atoms with E-state index < -0.39 is 5.54 Å². The predicted molar refractivity (Wildman–Crippen MR) is 144 cm³/mol. The summed E-state index contributed by atoms with van der Waals surface area (Å²) in [6, 6.07) is 17.3. The minimum atomic E-state index is -0.613. The molecule has 1 N–H and O–H groups in total. The van der Waals surface area contributed by atoms with Crippen molar-refractivity contribution < 1.29 is 9.59 Å². The Hall–Kier alpha value is -3.03. The zero-order valence-electron chi connectivity index (χ0n) is 21.1. The molecule has 1 aromatic heterocycles. The van der Waals surface area contributed by atoms with Gasteiger partial charge in [0.1, 0.15) is 5.01 Å². The fourth-order valence-corrected chi connectivity index (χ4v) is 6.17. The van der Waals surface area contributed by atoms with Crippen molar-refractivity contribution in [3.63, 3.8) is 0 Å². The van der Waals surface area contributed by atoms with Crippen LogP contribution in [0.15, 0.2) is 60.0 Å². The number of carbonyl (C=O) groups excluding carboxylic acids is 2. The van der Waals surface area contributed by atoms with E-state index >= 15 is 0 Å². The number of thiazole rings is 1. The van der Waals surface area contributed by atoms with Crippen LogP contribution in [0.5, 0.6) is 0 Å². The maximum Gasteiger partial charge on any atom is 0.254 e. The summed E-state index contributed by atoms with van der Waals surface area (Å²) in [6.07, 6.45) is 4.73. The molecule has 2 aromatic carbocycles. The lowest BCUT2D eigenvalue weighted by Crippen LogP contribution is -2.42. The largest absolute Gasteiger partial charge is 0.341 e. The quantitative estimate of drug-likeness (QED) is 0.484. The van der Waals surface area contributed by atoms with Crippen molar-refractivity contribution in [2.75, 3.05) is 26.2 Å². The standard InChI is InChI=1S/C29H34N4O2S/c1-29(2,31-26(34)21-9-4-3-5-10-21)25-20-36-27(30-25)22-12-14-23(15-13-22)28(35)33-18-8-11-24(33)19-32-16-6-7-17-32/h3-5,9-10,12-15,20,24H,6-8,11,16-19H2,1-2H3,(H,31,34)/t24-/m0/s1. The molecular weight excluding hydrogens is 468 g/mol. The molecule has 2 saturated heterocycles. The lowest BCUT2D eigenvalue weighted by atomic mass is 10.0. The number of likely N-dealkylation sites (tertiary alicyclic amines) is 2. The van der Waals surface area contributed by atoms with Gasteiger partial charge >= 0.3 is 0 Å². The van der Waals surface area contributed by atoms with E-state index in [2.05, 4.69) is 15.1 Å². The summed E-state index contributed by atoms with van der Waals surface area (Å²) in [7, 11) is 0. The van der Waals surface area contributed by atoms with Crippen molar-refractivity contribution in [3.05, 3.63) is 76.8 Å². The Kier molecular flexibility index (Phi) is 7.21. The van der Waals surface area contributed by atoms with Gasteiger partial charge in [0.15, 0.2) is 0 Å². The smallest absolute Gasteiger partial charge is 0.254 e. The van der Waals surface area contributed by atoms with Crippen LogP contribution in [-0.2, 0) is 5.54 Å². The van der Waals surface area contributed by atoms with Crippen LogP contribution < -0.4 is 5.32 Å². The summed E-state index contributed by atoms with van der Waals surface area (Å²) in [4.78, 5) is 35.4. The first-order valence-corrected chi connectivity index (χ1v) is 13.8. The Balaban J connectivity index is 1.25. The van der Waals surface area contributed by atoms with Gasteiger partial charge in [-0.15, -0.1) is 11.3 Å². The van der Waals surface area contributed by atoms with Crippen molar-refractivity contribution in [2.45, 2.75) is 51.1 Å². The van der Waals surface area contributed by atoms with Crippen LogP contribution in [-0.4, -0.2) is 58.8 Å². The fraction of sp³-hybridized carbons (Fsp3) is 0.414. The summed E-state index contributed by atoms with van der Waals surface area (Å²) >= 11 is 1.55.